The zero-order chi connectivity index (χ0) is 22.2. The van der Waals surface area contributed by atoms with Gasteiger partial charge in [-0.15, -0.1) is 0 Å². The fraction of sp³-hybridized carbons (Fsp3) is 0.680. The maximum Gasteiger partial charge on any atom is 0.255 e. The number of rotatable bonds is 6. The summed E-state index contributed by atoms with van der Waals surface area (Å²) in [4.78, 5) is 28.4. The highest BCUT2D eigenvalue weighted by molar-refractivity contribution is 6.33. The van der Waals surface area contributed by atoms with E-state index in [-0.39, 0.29) is 17.7 Å². The van der Waals surface area contributed by atoms with E-state index in [9.17, 15) is 14.7 Å². The van der Waals surface area contributed by atoms with Gasteiger partial charge in [-0.3, -0.25) is 9.59 Å². The van der Waals surface area contributed by atoms with E-state index < -0.39 is 5.60 Å². The number of aldehydes is 1. The third-order valence-corrected chi connectivity index (χ3v) is 8.26. The Morgan fingerprint density at radius 2 is 1.65 bits per heavy atom. The molecule has 1 atom stereocenters. The third kappa shape index (κ3) is 4.49. The van der Waals surface area contributed by atoms with Crippen LogP contribution in [0.15, 0.2) is 18.2 Å². The van der Waals surface area contributed by atoms with Crippen LogP contribution in [0.2, 0.25) is 5.02 Å². The number of likely N-dealkylation sites (tertiary alicyclic amines) is 1. The molecule has 1 aromatic carbocycles. The molecular weight excluding hydrogens is 412 g/mol. The van der Waals surface area contributed by atoms with Crippen molar-refractivity contribution in [1.82, 2.24) is 4.90 Å². The molecule has 0 spiro atoms. The Morgan fingerprint density at radius 3 is 2.13 bits per heavy atom. The van der Waals surface area contributed by atoms with Crippen molar-refractivity contribution in [2.24, 2.45) is 23.7 Å². The van der Waals surface area contributed by atoms with Crippen LogP contribution in [0.25, 0.3) is 0 Å². The van der Waals surface area contributed by atoms with Crippen LogP contribution in [0.1, 0.15) is 62.7 Å². The van der Waals surface area contributed by atoms with E-state index in [4.69, 9.17) is 11.6 Å². The molecule has 1 saturated carbocycles. The molecule has 170 valence electrons. The Bertz CT molecular complexity index is 805. The van der Waals surface area contributed by atoms with E-state index in [1.807, 2.05) is 30.9 Å². The SMILES string of the molecule is CC(C)C(O)(C(=O)N1CCC(C2CCN(c3ccc(C=O)c(Cl)c3)CC2)CC1)C1CC1. The van der Waals surface area contributed by atoms with E-state index in [1.165, 1.54) is 0 Å². The normalized spacial score (nSPS) is 23.1. The lowest BCUT2D eigenvalue weighted by Gasteiger charge is -2.43. The summed E-state index contributed by atoms with van der Waals surface area (Å²) >= 11 is 6.21. The minimum atomic E-state index is -1.17. The monoisotopic (exact) mass is 446 g/mol. The average molecular weight is 447 g/mol. The summed E-state index contributed by atoms with van der Waals surface area (Å²) in [5, 5.41) is 11.6. The van der Waals surface area contributed by atoms with E-state index in [1.54, 1.807) is 6.07 Å². The summed E-state index contributed by atoms with van der Waals surface area (Å²) in [6.07, 6.45) is 7.09. The molecule has 3 fully saturated rings. The Labute approximate surface area is 190 Å². The van der Waals surface area contributed by atoms with Gasteiger partial charge in [0.1, 0.15) is 5.60 Å². The number of anilines is 1. The molecule has 1 amide bonds. The predicted octanol–water partition coefficient (Wildman–Crippen LogP) is 4.40. The quantitative estimate of drug-likeness (QED) is 0.657. The van der Waals surface area contributed by atoms with Crippen LogP contribution < -0.4 is 4.90 Å². The fourth-order valence-corrected chi connectivity index (χ4v) is 5.90. The topological polar surface area (TPSA) is 60.9 Å². The molecule has 1 unspecified atom stereocenters. The van der Waals surface area contributed by atoms with Gasteiger partial charge in [0.05, 0.1) is 5.02 Å². The van der Waals surface area contributed by atoms with Crippen LogP contribution in [0.4, 0.5) is 5.69 Å². The minimum absolute atomic E-state index is 0.0334. The van der Waals surface area contributed by atoms with Crippen molar-refractivity contribution in [1.29, 1.82) is 0 Å². The standard InChI is InChI=1S/C25H35ClN2O3/c1-17(2)25(31,21-4-5-21)24(30)28-13-9-19(10-14-28)18-7-11-27(12-8-18)22-6-3-20(16-29)23(26)15-22/h3,6,15-19,21,31H,4-5,7-14H2,1-2H3. The number of benzene rings is 1. The van der Waals surface area contributed by atoms with Crippen molar-refractivity contribution in [2.45, 2.75) is 58.0 Å². The smallest absolute Gasteiger partial charge is 0.255 e. The highest BCUT2D eigenvalue weighted by Gasteiger charge is 2.53. The number of aliphatic hydroxyl groups is 1. The van der Waals surface area contributed by atoms with Crippen LogP contribution in [0, 0.1) is 23.7 Å². The first-order valence-electron chi connectivity index (χ1n) is 11.9. The minimum Gasteiger partial charge on any atom is -0.379 e. The summed E-state index contributed by atoms with van der Waals surface area (Å²) in [5.74, 6) is 1.42. The van der Waals surface area contributed by atoms with Gasteiger partial charge in [0.15, 0.2) is 6.29 Å². The number of halogens is 1. The van der Waals surface area contributed by atoms with Gasteiger partial charge in [-0.05, 0) is 80.4 Å². The third-order valence-electron chi connectivity index (χ3n) is 7.93. The summed E-state index contributed by atoms with van der Waals surface area (Å²) in [7, 11) is 0. The van der Waals surface area contributed by atoms with Gasteiger partial charge in [0.25, 0.3) is 5.91 Å². The van der Waals surface area contributed by atoms with E-state index >= 15 is 0 Å². The number of nitrogens with zero attached hydrogens (tertiary/aromatic N) is 2. The van der Waals surface area contributed by atoms with Gasteiger partial charge in [-0.25, -0.2) is 0 Å². The molecule has 5 nitrogen and oxygen atoms in total. The Hall–Kier alpha value is -1.59. The first kappa shape index (κ1) is 22.6. The van der Waals surface area contributed by atoms with Gasteiger partial charge >= 0.3 is 0 Å². The lowest BCUT2D eigenvalue weighted by molar-refractivity contribution is -0.161. The average Bonchev–Trinajstić information content (AvgIpc) is 3.64. The number of carbonyl (C=O) groups excluding carboxylic acids is 2. The largest absolute Gasteiger partial charge is 0.379 e. The Kier molecular flexibility index (Phi) is 6.64. The van der Waals surface area contributed by atoms with Crippen molar-refractivity contribution in [2.75, 3.05) is 31.1 Å². The second kappa shape index (κ2) is 9.11. The molecule has 2 heterocycles. The molecule has 1 aliphatic carbocycles. The number of hydrogen-bond acceptors (Lipinski definition) is 4. The van der Waals surface area contributed by atoms with Crippen molar-refractivity contribution in [3.63, 3.8) is 0 Å². The number of hydrogen-bond donors (Lipinski definition) is 1. The number of piperidine rings is 2. The maximum atomic E-state index is 13.1. The van der Waals surface area contributed by atoms with E-state index in [2.05, 4.69) is 4.90 Å². The lowest BCUT2D eigenvalue weighted by atomic mass is 9.77. The predicted molar refractivity (Wildman–Crippen MR) is 124 cm³/mol. The summed E-state index contributed by atoms with van der Waals surface area (Å²) in [6, 6.07) is 5.67. The fourth-order valence-electron chi connectivity index (χ4n) is 5.68. The second-order valence-corrected chi connectivity index (χ2v) is 10.4. The van der Waals surface area contributed by atoms with Crippen molar-refractivity contribution >= 4 is 29.5 Å². The zero-order valence-corrected chi connectivity index (χ0v) is 19.5. The highest BCUT2D eigenvalue weighted by Crippen LogP contribution is 2.45. The van der Waals surface area contributed by atoms with Crippen LogP contribution in [-0.2, 0) is 4.79 Å². The molecule has 1 N–H and O–H groups in total. The molecule has 1 aromatic rings. The highest BCUT2D eigenvalue weighted by atomic mass is 35.5. The molecule has 0 bridgehead atoms. The summed E-state index contributed by atoms with van der Waals surface area (Å²) in [5.41, 5.74) is 0.453. The molecule has 3 aliphatic rings. The molecule has 0 radical (unpaired) electrons. The summed E-state index contributed by atoms with van der Waals surface area (Å²) in [6.45, 7) is 7.47. The van der Waals surface area contributed by atoms with Crippen molar-refractivity contribution < 1.29 is 14.7 Å². The molecule has 4 rings (SSSR count). The van der Waals surface area contributed by atoms with Gasteiger partial charge in [0, 0.05) is 37.4 Å². The number of carbonyl (C=O) groups is 2. The zero-order valence-electron chi connectivity index (χ0n) is 18.7. The van der Waals surface area contributed by atoms with Gasteiger partial charge in [0.2, 0.25) is 0 Å². The van der Waals surface area contributed by atoms with Crippen LogP contribution in [-0.4, -0.2) is 54.0 Å². The lowest BCUT2D eigenvalue weighted by Crippen LogP contribution is -2.56. The van der Waals surface area contributed by atoms with E-state index in [0.717, 1.165) is 76.7 Å². The maximum absolute atomic E-state index is 13.1. The molecule has 31 heavy (non-hydrogen) atoms. The Balaban J connectivity index is 1.29. The van der Waals surface area contributed by atoms with Crippen LogP contribution >= 0.6 is 11.6 Å². The molecule has 2 aliphatic heterocycles. The van der Waals surface area contributed by atoms with Gasteiger partial charge in [-0.2, -0.15) is 0 Å². The number of amides is 1. The first-order chi connectivity index (χ1) is 14.8. The molecule has 2 saturated heterocycles. The molecule has 6 heteroatoms. The molecular formula is C25H35ClN2O3. The van der Waals surface area contributed by atoms with Crippen molar-refractivity contribution in [3.05, 3.63) is 28.8 Å². The van der Waals surface area contributed by atoms with E-state index in [0.29, 0.717) is 22.4 Å². The Morgan fingerprint density at radius 1 is 1.06 bits per heavy atom. The van der Waals surface area contributed by atoms with Crippen molar-refractivity contribution in [3.8, 4) is 0 Å². The van der Waals surface area contributed by atoms with Gasteiger partial charge < -0.3 is 14.9 Å². The van der Waals surface area contributed by atoms with Crippen LogP contribution in [0.5, 0.6) is 0 Å². The first-order valence-corrected chi connectivity index (χ1v) is 12.2. The molecule has 0 aromatic heterocycles. The second-order valence-electron chi connectivity index (χ2n) is 10.0. The van der Waals surface area contributed by atoms with Gasteiger partial charge in [-0.1, -0.05) is 25.4 Å². The summed E-state index contributed by atoms with van der Waals surface area (Å²) < 4.78 is 0. The van der Waals surface area contributed by atoms with Crippen LogP contribution in [0.3, 0.4) is 0 Å².